The van der Waals surface area contributed by atoms with Crippen molar-refractivity contribution >= 4 is 11.4 Å². The summed E-state index contributed by atoms with van der Waals surface area (Å²) in [6, 6.07) is 14.5. The maximum Gasteiger partial charge on any atom is 0.132 e. The van der Waals surface area contributed by atoms with Crippen LogP contribution in [0.15, 0.2) is 53.6 Å². The van der Waals surface area contributed by atoms with Gasteiger partial charge in [-0.3, -0.25) is 5.43 Å². The fourth-order valence-corrected chi connectivity index (χ4v) is 1.59. The van der Waals surface area contributed by atoms with E-state index in [0.29, 0.717) is 11.3 Å². The molecule has 0 saturated carbocycles. The molecule has 0 radical (unpaired) electrons. The summed E-state index contributed by atoms with van der Waals surface area (Å²) in [6.45, 7) is 3.80. The average Bonchev–Trinajstić information content (AvgIpc) is 2.38. The molecule has 0 saturated heterocycles. The highest BCUT2D eigenvalue weighted by molar-refractivity contribution is 5.99. The SMILES string of the molecule is C/C(=N/Nc1ccc(C)cc1)c1ccccc1F. The molecule has 0 aromatic heterocycles. The fourth-order valence-electron chi connectivity index (χ4n) is 1.59. The summed E-state index contributed by atoms with van der Waals surface area (Å²) >= 11 is 0. The van der Waals surface area contributed by atoms with Crippen LogP contribution in [0.25, 0.3) is 0 Å². The van der Waals surface area contributed by atoms with Crippen LogP contribution in [0.2, 0.25) is 0 Å². The minimum atomic E-state index is -0.260. The topological polar surface area (TPSA) is 24.4 Å². The Hall–Kier alpha value is -2.16. The highest BCUT2D eigenvalue weighted by Gasteiger charge is 2.03. The summed E-state index contributed by atoms with van der Waals surface area (Å²) in [5.74, 6) is -0.260. The lowest BCUT2D eigenvalue weighted by atomic mass is 10.1. The van der Waals surface area contributed by atoms with Crippen molar-refractivity contribution < 1.29 is 4.39 Å². The molecule has 0 aliphatic heterocycles. The molecule has 0 fully saturated rings. The van der Waals surface area contributed by atoms with Crippen molar-refractivity contribution in [2.24, 2.45) is 5.10 Å². The van der Waals surface area contributed by atoms with E-state index < -0.39 is 0 Å². The molecule has 3 heteroatoms. The van der Waals surface area contributed by atoms with E-state index in [9.17, 15) is 4.39 Å². The van der Waals surface area contributed by atoms with Gasteiger partial charge >= 0.3 is 0 Å². The largest absolute Gasteiger partial charge is 0.278 e. The number of nitrogens with zero attached hydrogens (tertiary/aromatic N) is 1. The van der Waals surface area contributed by atoms with Gasteiger partial charge in [-0.05, 0) is 32.0 Å². The average molecular weight is 242 g/mol. The van der Waals surface area contributed by atoms with Crippen molar-refractivity contribution in [3.05, 3.63) is 65.5 Å². The molecule has 0 atom stereocenters. The number of hydrogen-bond donors (Lipinski definition) is 1. The third-order valence-electron chi connectivity index (χ3n) is 2.67. The minimum Gasteiger partial charge on any atom is -0.278 e. The summed E-state index contributed by atoms with van der Waals surface area (Å²) in [5, 5.41) is 4.18. The minimum absolute atomic E-state index is 0.260. The number of halogens is 1. The van der Waals surface area contributed by atoms with Gasteiger partial charge in [-0.15, -0.1) is 0 Å². The molecule has 0 bridgehead atoms. The number of rotatable bonds is 3. The van der Waals surface area contributed by atoms with Gasteiger partial charge < -0.3 is 0 Å². The Kier molecular flexibility index (Phi) is 3.72. The molecule has 2 nitrogen and oxygen atoms in total. The lowest BCUT2D eigenvalue weighted by molar-refractivity contribution is 0.625. The van der Waals surface area contributed by atoms with Crippen LogP contribution in [-0.4, -0.2) is 5.71 Å². The Labute approximate surface area is 106 Å². The first kappa shape index (κ1) is 12.3. The molecule has 0 unspecified atom stereocenters. The molecule has 0 spiro atoms. The fraction of sp³-hybridized carbons (Fsp3) is 0.133. The standard InChI is InChI=1S/C15H15FN2/c1-11-7-9-13(10-8-11)18-17-12(2)14-5-3-4-6-15(14)16/h3-10,18H,1-2H3/b17-12-. The zero-order chi connectivity index (χ0) is 13.0. The Balaban J connectivity index is 2.14. The van der Waals surface area contributed by atoms with Gasteiger partial charge in [0.15, 0.2) is 0 Å². The van der Waals surface area contributed by atoms with E-state index in [1.165, 1.54) is 11.6 Å². The normalized spacial score (nSPS) is 11.4. The van der Waals surface area contributed by atoms with Crippen molar-refractivity contribution in [3.63, 3.8) is 0 Å². The second-order valence-electron chi connectivity index (χ2n) is 4.15. The van der Waals surface area contributed by atoms with Gasteiger partial charge in [-0.2, -0.15) is 5.10 Å². The van der Waals surface area contributed by atoms with Gasteiger partial charge in [0.05, 0.1) is 11.4 Å². The van der Waals surface area contributed by atoms with Crippen molar-refractivity contribution in [3.8, 4) is 0 Å². The van der Waals surface area contributed by atoms with Gasteiger partial charge in [-0.1, -0.05) is 35.9 Å². The molecule has 92 valence electrons. The van der Waals surface area contributed by atoms with E-state index in [2.05, 4.69) is 10.5 Å². The van der Waals surface area contributed by atoms with Gasteiger partial charge in [0, 0.05) is 5.56 Å². The lowest BCUT2D eigenvalue weighted by Crippen LogP contribution is -2.02. The van der Waals surface area contributed by atoms with E-state index in [1.54, 1.807) is 25.1 Å². The first-order chi connectivity index (χ1) is 8.66. The molecule has 0 aliphatic carbocycles. The van der Waals surface area contributed by atoms with Crippen molar-refractivity contribution in [1.82, 2.24) is 0 Å². The monoisotopic (exact) mass is 242 g/mol. The van der Waals surface area contributed by atoms with Crippen LogP contribution in [0.5, 0.6) is 0 Å². The third kappa shape index (κ3) is 2.94. The zero-order valence-corrected chi connectivity index (χ0v) is 10.4. The van der Waals surface area contributed by atoms with Gasteiger partial charge in [-0.25, -0.2) is 4.39 Å². The molecule has 2 aromatic rings. The van der Waals surface area contributed by atoms with Crippen LogP contribution in [-0.2, 0) is 0 Å². The van der Waals surface area contributed by atoms with Crippen LogP contribution in [0.1, 0.15) is 18.1 Å². The number of nitrogens with one attached hydrogen (secondary N) is 1. The van der Waals surface area contributed by atoms with E-state index in [1.807, 2.05) is 31.2 Å². The van der Waals surface area contributed by atoms with E-state index >= 15 is 0 Å². The quantitative estimate of drug-likeness (QED) is 0.639. The number of aryl methyl sites for hydroxylation is 1. The van der Waals surface area contributed by atoms with Crippen molar-refractivity contribution in [1.29, 1.82) is 0 Å². The molecule has 18 heavy (non-hydrogen) atoms. The molecule has 2 aromatic carbocycles. The number of hydrazone groups is 1. The van der Waals surface area contributed by atoms with Crippen LogP contribution in [0.4, 0.5) is 10.1 Å². The number of hydrogen-bond acceptors (Lipinski definition) is 2. The Morgan fingerprint density at radius 1 is 1.06 bits per heavy atom. The highest BCUT2D eigenvalue weighted by Crippen LogP contribution is 2.11. The molecule has 0 heterocycles. The third-order valence-corrected chi connectivity index (χ3v) is 2.67. The summed E-state index contributed by atoms with van der Waals surface area (Å²) in [5.41, 5.74) is 6.12. The van der Waals surface area contributed by atoms with Crippen LogP contribution in [0.3, 0.4) is 0 Å². The smallest absolute Gasteiger partial charge is 0.132 e. The second-order valence-corrected chi connectivity index (χ2v) is 4.15. The Morgan fingerprint density at radius 2 is 1.72 bits per heavy atom. The molecular formula is C15H15FN2. The predicted octanol–water partition coefficient (Wildman–Crippen LogP) is 3.97. The second kappa shape index (κ2) is 5.45. The van der Waals surface area contributed by atoms with Crippen LogP contribution < -0.4 is 5.43 Å². The van der Waals surface area contributed by atoms with Gasteiger partial charge in [0.25, 0.3) is 0 Å². The van der Waals surface area contributed by atoms with Gasteiger partial charge in [0.1, 0.15) is 5.82 Å². The highest BCUT2D eigenvalue weighted by atomic mass is 19.1. The lowest BCUT2D eigenvalue weighted by Gasteiger charge is -2.04. The van der Waals surface area contributed by atoms with Crippen molar-refractivity contribution in [2.45, 2.75) is 13.8 Å². The van der Waals surface area contributed by atoms with E-state index in [4.69, 9.17) is 0 Å². The van der Waals surface area contributed by atoms with Crippen LogP contribution >= 0.6 is 0 Å². The number of anilines is 1. The Bertz CT molecular complexity index is 559. The van der Waals surface area contributed by atoms with E-state index in [-0.39, 0.29) is 5.82 Å². The molecule has 0 aliphatic rings. The first-order valence-corrected chi connectivity index (χ1v) is 5.78. The van der Waals surface area contributed by atoms with Crippen LogP contribution in [0, 0.1) is 12.7 Å². The maximum atomic E-state index is 13.5. The molecule has 0 amide bonds. The van der Waals surface area contributed by atoms with E-state index in [0.717, 1.165) is 5.69 Å². The zero-order valence-electron chi connectivity index (χ0n) is 10.4. The summed E-state index contributed by atoms with van der Waals surface area (Å²) in [7, 11) is 0. The summed E-state index contributed by atoms with van der Waals surface area (Å²) < 4.78 is 13.5. The molecule has 2 rings (SSSR count). The Morgan fingerprint density at radius 3 is 2.39 bits per heavy atom. The molecular weight excluding hydrogens is 227 g/mol. The maximum absolute atomic E-state index is 13.5. The van der Waals surface area contributed by atoms with Gasteiger partial charge in [0.2, 0.25) is 0 Å². The van der Waals surface area contributed by atoms with Crippen molar-refractivity contribution in [2.75, 3.05) is 5.43 Å². The number of benzene rings is 2. The predicted molar refractivity (Wildman–Crippen MR) is 73.4 cm³/mol. The summed E-state index contributed by atoms with van der Waals surface area (Å²) in [4.78, 5) is 0. The first-order valence-electron chi connectivity index (χ1n) is 5.78. The summed E-state index contributed by atoms with van der Waals surface area (Å²) in [6.07, 6.45) is 0. The molecule has 1 N–H and O–H groups in total.